The van der Waals surface area contributed by atoms with Crippen LogP contribution in [0, 0.1) is 6.92 Å². The first-order chi connectivity index (χ1) is 11.5. The van der Waals surface area contributed by atoms with Gasteiger partial charge in [-0.25, -0.2) is 4.79 Å². The van der Waals surface area contributed by atoms with Crippen LogP contribution in [-0.2, 0) is 22.6 Å². The van der Waals surface area contributed by atoms with Gasteiger partial charge in [0.2, 0.25) is 0 Å². The van der Waals surface area contributed by atoms with Crippen molar-refractivity contribution in [1.29, 1.82) is 0 Å². The van der Waals surface area contributed by atoms with Gasteiger partial charge in [-0.05, 0) is 36.6 Å². The summed E-state index contributed by atoms with van der Waals surface area (Å²) in [5.41, 5.74) is 2.68. The van der Waals surface area contributed by atoms with Gasteiger partial charge < -0.3 is 10.1 Å². The highest BCUT2D eigenvalue weighted by Gasteiger charge is 2.17. The Labute approximate surface area is 146 Å². The van der Waals surface area contributed by atoms with E-state index < -0.39 is 12.1 Å². The van der Waals surface area contributed by atoms with Gasteiger partial charge in [-0.1, -0.05) is 54.1 Å². The molecule has 0 saturated carbocycles. The van der Waals surface area contributed by atoms with Gasteiger partial charge in [0, 0.05) is 11.4 Å². The van der Waals surface area contributed by atoms with Crippen molar-refractivity contribution in [3.05, 3.63) is 70.2 Å². The summed E-state index contributed by atoms with van der Waals surface area (Å²) >= 11 is 5.98. The second-order valence-electron chi connectivity index (χ2n) is 5.65. The summed E-state index contributed by atoms with van der Waals surface area (Å²) in [6.45, 7) is 3.71. The number of alkyl carbamates (subject to hydrolysis) is 1. The number of nitrogens with one attached hydrogen (secondary N) is 1. The van der Waals surface area contributed by atoms with Crippen molar-refractivity contribution in [1.82, 2.24) is 5.32 Å². The fourth-order valence-electron chi connectivity index (χ4n) is 2.19. The van der Waals surface area contributed by atoms with Gasteiger partial charge in [-0.15, -0.1) is 0 Å². The van der Waals surface area contributed by atoms with Crippen LogP contribution in [0.4, 0.5) is 4.79 Å². The van der Waals surface area contributed by atoms with Crippen molar-refractivity contribution in [3.8, 4) is 0 Å². The van der Waals surface area contributed by atoms with E-state index in [0.717, 1.165) is 16.7 Å². The van der Waals surface area contributed by atoms with Gasteiger partial charge in [0.1, 0.15) is 6.61 Å². The summed E-state index contributed by atoms with van der Waals surface area (Å²) in [5, 5.41) is 3.23. The smallest absolute Gasteiger partial charge is 0.408 e. The Bertz CT molecular complexity index is 716. The van der Waals surface area contributed by atoms with E-state index in [1.165, 1.54) is 0 Å². The normalized spacial score (nSPS) is 11.6. The van der Waals surface area contributed by atoms with E-state index in [1.54, 1.807) is 13.0 Å². The van der Waals surface area contributed by atoms with Gasteiger partial charge in [-0.2, -0.15) is 0 Å². The van der Waals surface area contributed by atoms with Crippen LogP contribution in [0.1, 0.15) is 23.6 Å². The molecule has 1 atom stereocenters. The lowest BCUT2D eigenvalue weighted by Gasteiger charge is -2.13. The number of ketones is 1. The Kier molecular flexibility index (Phi) is 6.38. The van der Waals surface area contributed by atoms with Crippen LogP contribution in [0.5, 0.6) is 0 Å². The summed E-state index contributed by atoms with van der Waals surface area (Å²) < 4.78 is 5.11. The van der Waals surface area contributed by atoms with E-state index in [0.29, 0.717) is 5.02 Å². The molecule has 126 valence electrons. The molecule has 0 fully saturated rings. The zero-order chi connectivity index (χ0) is 17.5. The Morgan fingerprint density at radius 1 is 1.12 bits per heavy atom. The summed E-state index contributed by atoms with van der Waals surface area (Å²) in [7, 11) is 0. The molecule has 1 N–H and O–H groups in total. The third-order valence-corrected chi connectivity index (χ3v) is 4.05. The highest BCUT2D eigenvalue weighted by molar-refractivity contribution is 6.31. The summed E-state index contributed by atoms with van der Waals surface area (Å²) in [6.07, 6.45) is -0.370. The largest absolute Gasteiger partial charge is 0.445 e. The van der Waals surface area contributed by atoms with Crippen molar-refractivity contribution < 1.29 is 14.3 Å². The molecule has 1 amide bonds. The maximum atomic E-state index is 12.2. The SMILES string of the molecule is Cc1cc(CC(=O)C(C)NC(=O)OCc2ccccc2)ccc1Cl. The van der Waals surface area contributed by atoms with Crippen molar-refractivity contribution in [2.75, 3.05) is 0 Å². The van der Waals surface area contributed by atoms with Crippen molar-refractivity contribution in [2.24, 2.45) is 0 Å². The molecule has 0 saturated heterocycles. The van der Waals surface area contributed by atoms with Gasteiger partial charge in [-0.3, -0.25) is 4.79 Å². The number of aryl methyl sites for hydroxylation is 1. The first-order valence-corrected chi connectivity index (χ1v) is 8.08. The van der Waals surface area contributed by atoms with Crippen LogP contribution < -0.4 is 5.32 Å². The zero-order valence-corrected chi connectivity index (χ0v) is 14.5. The number of carbonyl (C=O) groups excluding carboxylic acids is 2. The van der Waals surface area contributed by atoms with Crippen molar-refractivity contribution in [2.45, 2.75) is 32.9 Å². The molecule has 0 aliphatic heterocycles. The average Bonchev–Trinajstić information content (AvgIpc) is 2.57. The summed E-state index contributed by atoms with van der Waals surface area (Å²) in [5.74, 6) is -0.0895. The number of Topliss-reactive ketones (excluding diaryl/α,β-unsaturated/α-hetero) is 1. The molecule has 24 heavy (non-hydrogen) atoms. The minimum Gasteiger partial charge on any atom is -0.445 e. The minimum atomic E-state index is -0.621. The van der Waals surface area contributed by atoms with Gasteiger partial charge in [0.05, 0.1) is 6.04 Å². The lowest BCUT2D eigenvalue weighted by molar-refractivity contribution is -0.120. The number of hydrogen-bond acceptors (Lipinski definition) is 3. The minimum absolute atomic E-state index is 0.0895. The zero-order valence-electron chi connectivity index (χ0n) is 13.7. The highest BCUT2D eigenvalue weighted by atomic mass is 35.5. The number of carbonyl (C=O) groups is 2. The second-order valence-corrected chi connectivity index (χ2v) is 6.06. The summed E-state index contributed by atoms with van der Waals surface area (Å²) in [6, 6.07) is 14.2. The van der Waals surface area contributed by atoms with E-state index in [-0.39, 0.29) is 18.8 Å². The maximum Gasteiger partial charge on any atom is 0.408 e. The Hall–Kier alpha value is -2.33. The standard InChI is InChI=1S/C19H20ClNO3/c1-13-10-16(8-9-17(13)20)11-18(22)14(2)21-19(23)24-12-15-6-4-3-5-7-15/h3-10,14H,11-12H2,1-2H3,(H,21,23). The molecule has 0 radical (unpaired) electrons. The van der Waals surface area contributed by atoms with E-state index in [2.05, 4.69) is 5.32 Å². The molecule has 5 heteroatoms. The molecule has 0 aromatic heterocycles. The lowest BCUT2D eigenvalue weighted by Crippen LogP contribution is -2.39. The predicted molar refractivity (Wildman–Crippen MR) is 94.1 cm³/mol. The second kappa shape index (κ2) is 8.50. The molecule has 4 nitrogen and oxygen atoms in total. The molecule has 0 bridgehead atoms. The molecule has 0 aliphatic rings. The quantitative estimate of drug-likeness (QED) is 0.858. The van der Waals surface area contributed by atoms with Crippen LogP contribution in [-0.4, -0.2) is 17.9 Å². The molecule has 0 aliphatic carbocycles. The topological polar surface area (TPSA) is 55.4 Å². The Balaban J connectivity index is 1.82. The first-order valence-electron chi connectivity index (χ1n) is 7.70. The molecule has 2 aromatic rings. The van der Waals surface area contributed by atoms with E-state index in [1.807, 2.05) is 49.4 Å². The van der Waals surface area contributed by atoms with Crippen LogP contribution >= 0.6 is 11.6 Å². The first kappa shape index (κ1) is 18.0. The number of ether oxygens (including phenoxy) is 1. The average molecular weight is 346 g/mol. The Morgan fingerprint density at radius 2 is 1.83 bits per heavy atom. The van der Waals surface area contributed by atoms with E-state index >= 15 is 0 Å². The monoisotopic (exact) mass is 345 g/mol. The molecule has 2 aromatic carbocycles. The van der Waals surface area contributed by atoms with Gasteiger partial charge >= 0.3 is 6.09 Å². The van der Waals surface area contributed by atoms with Crippen molar-refractivity contribution in [3.63, 3.8) is 0 Å². The van der Waals surface area contributed by atoms with Crippen LogP contribution in [0.25, 0.3) is 0 Å². The van der Waals surface area contributed by atoms with Gasteiger partial charge in [0.25, 0.3) is 0 Å². The third kappa shape index (κ3) is 5.39. The van der Waals surface area contributed by atoms with Crippen LogP contribution in [0.3, 0.4) is 0 Å². The molecular formula is C19H20ClNO3. The van der Waals surface area contributed by atoms with E-state index in [9.17, 15) is 9.59 Å². The van der Waals surface area contributed by atoms with E-state index in [4.69, 9.17) is 16.3 Å². The fourth-order valence-corrected chi connectivity index (χ4v) is 2.31. The summed E-state index contributed by atoms with van der Waals surface area (Å²) in [4.78, 5) is 24.0. The van der Waals surface area contributed by atoms with Gasteiger partial charge in [0.15, 0.2) is 5.78 Å². The molecule has 0 spiro atoms. The number of benzene rings is 2. The molecule has 0 heterocycles. The van der Waals surface area contributed by atoms with Crippen LogP contribution in [0.15, 0.2) is 48.5 Å². The highest BCUT2D eigenvalue weighted by Crippen LogP contribution is 2.17. The molecule has 2 rings (SSSR count). The fraction of sp³-hybridized carbons (Fsp3) is 0.263. The lowest BCUT2D eigenvalue weighted by atomic mass is 10.0. The number of halogens is 1. The van der Waals surface area contributed by atoms with Crippen molar-refractivity contribution >= 4 is 23.5 Å². The Morgan fingerprint density at radius 3 is 2.50 bits per heavy atom. The molecule has 1 unspecified atom stereocenters. The number of amides is 1. The maximum absolute atomic E-state index is 12.2. The number of hydrogen-bond donors (Lipinski definition) is 1. The number of rotatable bonds is 6. The van der Waals surface area contributed by atoms with Crippen LogP contribution in [0.2, 0.25) is 5.02 Å². The third-order valence-electron chi connectivity index (χ3n) is 3.63. The predicted octanol–water partition coefficient (Wildman–Crippen LogP) is 4.07. The molecular weight excluding hydrogens is 326 g/mol.